The molecule has 0 aliphatic rings. The molecule has 0 bridgehead atoms. The van der Waals surface area contributed by atoms with Crippen molar-refractivity contribution in [2.75, 3.05) is 10.6 Å². The summed E-state index contributed by atoms with van der Waals surface area (Å²) < 4.78 is 10.7. The molecule has 1 aromatic carbocycles. The zero-order valence-corrected chi connectivity index (χ0v) is 12.3. The molecule has 0 saturated carbocycles. The van der Waals surface area contributed by atoms with Crippen LogP contribution in [0.25, 0.3) is 11.5 Å². The van der Waals surface area contributed by atoms with Gasteiger partial charge < -0.3 is 19.5 Å². The summed E-state index contributed by atoms with van der Waals surface area (Å²) in [6, 6.07) is 13.5. The van der Waals surface area contributed by atoms with E-state index < -0.39 is 0 Å². The van der Waals surface area contributed by atoms with Gasteiger partial charge in [0.2, 0.25) is 5.91 Å². The lowest BCUT2D eigenvalue weighted by Crippen LogP contribution is -2.11. The van der Waals surface area contributed by atoms with E-state index in [1.54, 1.807) is 48.5 Å². The summed E-state index contributed by atoms with van der Waals surface area (Å²) in [5.74, 6) is 0.713. The molecule has 0 aliphatic heterocycles. The van der Waals surface area contributed by atoms with Crippen LogP contribution >= 0.6 is 0 Å². The Labute approximate surface area is 132 Å². The molecule has 0 atom stereocenters. The molecule has 6 heteroatoms. The van der Waals surface area contributed by atoms with E-state index in [2.05, 4.69) is 10.6 Å². The lowest BCUT2D eigenvalue weighted by atomic mass is 10.2. The van der Waals surface area contributed by atoms with Crippen LogP contribution in [-0.4, -0.2) is 11.8 Å². The summed E-state index contributed by atoms with van der Waals surface area (Å²) in [6.07, 6.45) is 1.54. The first-order valence-corrected chi connectivity index (χ1v) is 6.94. The largest absolute Gasteiger partial charge is 0.461 e. The average Bonchev–Trinajstić information content (AvgIpc) is 3.19. The van der Waals surface area contributed by atoms with Crippen LogP contribution in [0.3, 0.4) is 0 Å². The van der Waals surface area contributed by atoms with Gasteiger partial charge in [-0.3, -0.25) is 9.59 Å². The van der Waals surface area contributed by atoms with Gasteiger partial charge in [0.1, 0.15) is 0 Å². The molecule has 2 heterocycles. The minimum Gasteiger partial charge on any atom is -0.461 e. The first kappa shape index (κ1) is 14.6. The molecule has 2 N–H and O–H groups in total. The number of hydrogen-bond acceptors (Lipinski definition) is 4. The molecule has 2 aromatic heterocycles. The Morgan fingerprint density at radius 1 is 0.870 bits per heavy atom. The maximum atomic E-state index is 12.2. The molecule has 116 valence electrons. The lowest BCUT2D eigenvalue weighted by Gasteiger charge is -2.05. The molecule has 6 nitrogen and oxygen atoms in total. The molecule has 0 spiro atoms. The van der Waals surface area contributed by atoms with Crippen molar-refractivity contribution in [3.8, 4) is 11.5 Å². The molecular weight excluding hydrogens is 296 g/mol. The smallest absolute Gasteiger partial charge is 0.291 e. The maximum absolute atomic E-state index is 12.2. The van der Waals surface area contributed by atoms with Crippen molar-refractivity contribution in [3.63, 3.8) is 0 Å². The molecule has 23 heavy (non-hydrogen) atoms. The Kier molecular flexibility index (Phi) is 3.97. The number of rotatable bonds is 4. The van der Waals surface area contributed by atoms with Crippen LogP contribution in [0.1, 0.15) is 17.5 Å². The van der Waals surface area contributed by atoms with E-state index >= 15 is 0 Å². The third-order valence-electron chi connectivity index (χ3n) is 3.06. The quantitative estimate of drug-likeness (QED) is 0.768. The number of furan rings is 2. The zero-order chi connectivity index (χ0) is 16.2. The topological polar surface area (TPSA) is 84.5 Å². The van der Waals surface area contributed by atoms with E-state index in [1.165, 1.54) is 13.2 Å². The van der Waals surface area contributed by atoms with Crippen LogP contribution in [0.5, 0.6) is 0 Å². The van der Waals surface area contributed by atoms with Crippen molar-refractivity contribution in [1.82, 2.24) is 0 Å². The van der Waals surface area contributed by atoms with Crippen LogP contribution in [-0.2, 0) is 4.79 Å². The number of carbonyl (C=O) groups is 2. The third-order valence-corrected chi connectivity index (χ3v) is 3.06. The van der Waals surface area contributed by atoms with Crippen LogP contribution in [0.2, 0.25) is 0 Å². The van der Waals surface area contributed by atoms with Gasteiger partial charge in [-0.2, -0.15) is 0 Å². The third kappa shape index (κ3) is 3.49. The predicted octanol–water partition coefficient (Wildman–Crippen LogP) is 3.75. The molecule has 0 unspecified atom stereocenters. The summed E-state index contributed by atoms with van der Waals surface area (Å²) >= 11 is 0. The first-order chi connectivity index (χ1) is 11.1. The Hall–Kier alpha value is -3.28. The highest BCUT2D eigenvalue weighted by Gasteiger charge is 2.13. The number of benzene rings is 1. The van der Waals surface area contributed by atoms with Crippen LogP contribution < -0.4 is 10.6 Å². The molecule has 0 saturated heterocycles. The van der Waals surface area contributed by atoms with Crippen molar-refractivity contribution < 1.29 is 18.4 Å². The average molecular weight is 310 g/mol. The minimum atomic E-state index is -0.366. The Balaban J connectivity index is 1.68. The Morgan fingerprint density at radius 2 is 1.57 bits per heavy atom. The molecule has 0 fully saturated rings. The van der Waals surface area contributed by atoms with Gasteiger partial charge in [0.15, 0.2) is 17.3 Å². The minimum absolute atomic E-state index is 0.150. The summed E-state index contributed by atoms with van der Waals surface area (Å²) in [6.45, 7) is 1.43. The number of amides is 2. The molecule has 0 radical (unpaired) electrons. The van der Waals surface area contributed by atoms with E-state index in [0.29, 0.717) is 22.9 Å². The van der Waals surface area contributed by atoms with E-state index in [9.17, 15) is 9.59 Å². The summed E-state index contributed by atoms with van der Waals surface area (Å²) in [5, 5.41) is 5.38. The number of hydrogen-bond donors (Lipinski definition) is 2. The second kappa shape index (κ2) is 6.23. The van der Waals surface area contributed by atoms with E-state index in [4.69, 9.17) is 8.83 Å². The predicted molar refractivity (Wildman–Crippen MR) is 85.1 cm³/mol. The zero-order valence-electron chi connectivity index (χ0n) is 12.3. The maximum Gasteiger partial charge on any atom is 0.291 e. The van der Waals surface area contributed by atoms with Crippen molar-refractivity contribution in [2.24, 2.45) is 0 Å². The fraction of sp³-hybridized carbons (Fsp3) is 0.0588. The molecule has 0 aliphatic carbocycles. The lowest BCUT2D eigenvalue weighted by molar-refractivity contribution is -0.114. The second-order valence-corrected chi connectivity index (χ2v) is 4.85. The summed E-state index contributed by atoms with van der Waals surface area (Å²) in [5.41, 5.74) is 1.26. The standard InChI is InChI=1S/C17H14N2O4/c1-11(20)18-12-4-6-13(7-5-12)19-17(21)16-9-8-15(23-16)14-3-2-10-22-14/h2-10H,1H3,(H,18,20)(H,19,21). The molecule has 3 rings (SSSR count). The Bertz CT molecular complexity index is 817. The van der Waals surface area contributed by atoms with E-state index in [1.807, 2.05) is 0 Å². The highest BCUT2D eigenvalue weighted by Crippen LogP contribution is 2.23. The van der Waals surface area contributed by atoms with Crippen LogP contribution in [0.15, 0.2) is 63.6 Å². The number of carbonyl (C=O) groups excluding carboxylic acids is 2. The van der Waals surface area contributed by atoms with Gasteiger partial charge in [-0.25, -0.2) is 0 Å². The monoisotopic (exact) mass is 310 g/mol. The Morgan fingerprint density at radius 3 is 2.17 bits per heavy atom. The highest BCUT2D eigenvalue weighted by molar-refractivity contribution is 6.02. The van der Waals surface area contributed by atoms with Gasteiger partial charge in [-0.1, -0.05) is 0 Å². The highest BCUT2D eigenvalue weighted by atomic mass is 16.4. The van der Waals surface area contributed by atoms with Crippen molar-refractivity contribution >= 4 is 23.2 Å². The normalized spacial score (nSPS) is 10.3. The fourth-order valence-corrected chi connectivity index (χ4v) is 2.04. The van der Waals surface area contributed by atoms with Crippen LogP contribution in [0.4, 0.5) is 11.4 Å². The summed E-state index contributed by atoms with van der Waals surface area (Å²) in [4.78, 5) is 23.1. The van der Waals surface area contributed by atoms with Crippen molar-refractivity contribution in [2.45, 2.75) is 6.92 Å². The number of anilines is 2. The van der Waals surface area contributed by atoms with Gasteiger partial charge in [0, 0.05) is 18.3 Å². The molecule has 2 amide bonds. The molecular formula is C17H14N2O4. The summed E-state index contributed by atoms with van der Waals surface area (Å²) in [7, 11) is 0. The number of nitrogens with one attached hydrogen (secondary N) is 2. The van der Waals surface area contributed by atoms with Gasteiger partial charge in [-0.15, -0.1) is 0 Å². The fourth-order valence-electron chi connectivity index (χ4n) is 2.04. The second-order valence-electron chi connectivity index (χ2n) is 4.85. The van der Waals surface area contributed by atoms with Crippen molar-refractivity contribution in [3.05, 3.63) is 60.6 Å². The SMILES string of the molecule is CC(=O)Nc1ccc(NC(=O)c2ccc(-c3ccco3)o2)cc1. The van der Waals surface area contributed by atoms with Gasteiger partial charge in [0.25, 0.3) is 5.91 Å². The van der Waals surface area contributed by atoms with Crippen molar-refractivity contribution in [1.29, 1.82) is 0 Å². The molecule has 3 aromatic rings. The van der Waals surface area contributed by atoms with E-state index in [-0.39, 0.29) is 17.6 Å². The van der Waals surface area contributed by atoms with Gasteiger partial charge in [-0.05, 0) is 48.5 Å². The van der Waals surface area contributed by atoms with Gasteiger partial charge >= 0.3 is 0 Å². The van der Waals surface area contributed by atoms with E-state index in [0.717, 1.165) is 0 Å². The van der Waals surface area contributed by atoms with Gasteiger partial charge in [0.05, 0.1) is 6.26 Å². The van der Waals surface area contributed by atoms with Crippen LogP contribution in [0, 0.1) is 0 Å². The first-order valence-electron chi connectivity index (χ1n) is 6.94.